The quantitative estimate of drug-likeness (QED) is 0.406. The zero-order valence-electron chi connectivity index (χ0n) is 16.3. The molecule has 5 nitrogen and oxygen atoms in total. The van der Waals surface area contributed by atoms with Gasteiger partial charge in [-0.05, 0) is 31.9 Å². The zero-order chi connectivity index (χ0) is 19.4. The largest absolute Gasteiger partial charge is 0.461 e. The maximum absolute atomic E-state index is 12.4. The molecule has 0 saturated carbocycles. The Labute approximate surface area is 158 Å². The molecule has 148 valence electrons. The Morgan fingerprint density at radius 2 is 1.65 bits per heavy atom. The molecule has 1 N–H and O–H groups in total. The van der Waals surface area contributed by atoms with Crippen LogP contribution in [0.15, 0.2) is 29.2 Å². The summed E-state index contributed by atoms with van der Waals surface area (Å²) in [6.07, 6.45) is 7.37. The molecule has 0 amide bonds. The van der Waals surface area contributed by atoms with Gasteiger partial charge < -0.3 is 4.74 Å². The molecule has 0 aliphatic heterocycles. The van der Waals surface area contributed by atoms with Gasteiger partial charge in [0.15, 0.2) is 0 Å². The second-order valence-corrected chi connectivity index (χ2v) is 8.45. The number of carbonyl (C=O) groups is 1. The topological polar surface area (TPSA) is 72.5 Å². The van der Waals surface area contributed by atoms with E-state index in [-0.39, 0.29) is 23.8 Å². The van der Waals surface area contributed by atoms with Crippen molar-refractivity contribution in [2.75, 3.05) is 6.54 Å². The Kier molecular flexibility index (Phi) is 10.5. The molecule has 1 atom stereocenters. The molecule has 1 unspecified atom stereocenters. The Balaban J connectivity index is 2.55. The highest BCUT2D eigenvalue weighted by Gasteiger charge is 2.19. The number of aryl methyl sites for hydroxylation is 1. The summed E-state index contributed by atoms with van der Waals surface area (Å²) >= 11 is 0. The minimum Gasteiger partial charge on any atom is -0.461 e. The average Bonchev–Trinajstić information content (AvgIpc) is 2.62. The number of rotatable bonds is 13. The first kappa shape index (κ1) is 22.6. The van der Waals surface area contributed by atoms with Gasteiger partial charge in [0, 0.05) is 13.0 Å². The van der Waals surface area contributed by atoms with Crippen molar-refractivity contribution in [3.05, 3.63) is 29.8 Å². The first-order valence-electron chi connectivity index (χ1n) is 9.64. The molecule has 6 heteroatoms. The van der Waals surface area contributed by atoms with Crippen LogP contribution in [0.2, 0.25) is 0 Å². The Hall–Kier alpha value is -1.40. The van der Waals surface area contributed by atoms with Gasteiger partial charge in [-0.2, -0.15) is 0 Å². The summed E-state index contributed by atoms with van der Waals surface area (Å²) < 4.78 is 32.8. The van der Waals surface area contributed by atoms with Crippen molar-refractivity contribution in [2.45, 2.75) is 83.1 Å². The predicted molar refractivity (Wildman–Crippen MR) is 105 cm³/mol. The molecule has 1 aromatic rings. The molecule has 1 aromatic carbocycles. The lowest BCUT2D eigenvalue weighted by Gasteiger charge is -2.18. The summed E-state index contributed by atoms with van der Waals surface area (Å²) in [5, 5.41) is 0. The Morgan fingerprint density at radius 3 is 2.27 bits per heavy atom. The molecule has 0 aromatic heterocycles. The molecular weight excluding hydrogens is 350 g/mol. The first-order valence-corrected chi connectivity index (χ1v) is 11.1. The van der Waals surface area contributed by atoms with E-state index in [4.69, 9.17) is 4.74 Å². The maximum Gasteiger partial charge on any atom is 0.305 e. The fraction of sp³-hybridized carbons (Fsp3) is 0.650. The van der Waals surface area contributed by atoms with E-state index in [0.29, 0.717) is 6.42 Å². The molecule has 0 aliphatic rings. The fourth-order valence-electron chi connectivity index (χ4n) is 2.63. The van der Waals surface area contributed by atoms with Crippen molar-refractivity contribution < 1.29 is 17.9 Å². The molecule has 0 aliphatic carbocycles. The second-order valence-electron chi connectivity index (χ2n) is 6.69. The molecule has 26 heavy (non-hydrogen) atoms. The second kappa shape index (κ2) is 12.1. The minimum atomic E-state index is -3.60. The van der Waals surface area contributed by atoms with Crippen LogP contribution in [0.5, 0.6) is 0 Å². The van der Waals surface area contributed by atoms with Crippen LogP contribution in [0.25, 0.3) is 0 Å². The van der Waals surface area contributed by atoms with E-state index in [1.807, 2.05) is 6.92 Å². The van der Waals surface area contributed by atoms with Crippen LogP contribution in [0.4, 0.5) is 0 Å². The summed E-state index contributed by atoms with van der Waals surface area (Å²) in [5.41, 5.74) is 1.00. The lowest BCUT2D eigenvalue weighted by atomic mass is 10.1. The molecule has 0 heterocycles. The lowest BCUT2D eigenvalue weighted by molar-refractivity contribution is -0.148. The SMILES string of the molecule is CCCCCCCCC(CNS(=O)(=O)c1ccc(C)cc1)OC(=O)CC. The highest BCUT2D eigenvalue weighted by molar-refractivity contribution is 7.89. The van der Waals surface area contributed by atoms with Gasteiger partial charge in [-0.3, -0.25) is 4.79 Å². The predicted octanol–water partition coefficient (Wildman–Crippen LogP) is 4.35. The number of benzene rings is 1. The third kappa shape index (κ3) is 8.81. The van der Waals surface area contributed by atoms with Crippen LogP contribution in [0.3, 0.4) is 0 Å². The maximum atomic E-state index is 12.4. The van der Waals surface area contributed by atoms with Crippen LogP contribution in [0.1, 0.15) is 70.8 Å². The van der Waals surface area contributed by atoms with E-state index in [1.165, 1.54) is 19.3 Å². The molecule has 0 spiro atoms. The number of nitrogens with one attached hydrogen (secondary N) is 1. The molecule has 0 radical (unpaired) electrons. The van der Waals surface area contributed by atoms with E-state index in [2.05, 4.69) is 11.6 Å². The van der Waals surface area contributed by atoms with E-state index in [1.54, 1.807) is 31.2 Å². The zero-order valence-corrected chi connectivity index (χ0v) is 17.1. The number of ether oxygens (including phenoxy) is 1. The first-order chi connectivity index (χ1) is 12.4. The van der Waals surface area contributed by atoms with Crippen molar-refractivity contribution in [1.82, 2.24) is 4.72 Å². The van der Waals surface area contributed by atoms with Crippen LogP contribution in [-0.2, 0) is 19.6 Å². The standard InChI is InChI=1S/C20H33NO4S/c1-4-6-7-8-9-10-11-18(25-20(22)5-2)16-21-26(23,24)19-14-12-17(3)13-15-19/h12-15,18,21H,4-11,16H2,1-3H3. The van der Waals surface area contributed by atoms with Gasteiger partial charge in [0.1, 0.15) is 6.10 Å². The number of hydrogen-bond acceptors (Lipinski definition) is 4. The fourth-order valence-corrected chi connectivity index (χ4v) is 3.69. The molecular formula is C20H33NO4S. The van der Waals surface area contributed by atoms with Gasteiger partial charge >= 0.3 is 5.97 Å². The van der Waals surface area contributed by atoms with Crippen molar-refractivity contribution >= 4 is 16.0 Å². The van der Waals surface area contributed by atoms with Crippen LogP contribution < -0.4 is 4.72 Å². The van der Waals surface area contributed by atoms with Crippen molar-refractivity contribution in [1.29, 1.82) is 0 Å². The number of sulfonamides is 1. The van der Waals surface area contributed by atoms with E-state index in [0.717, 1.165) is 24.8 Å². The highest BCUT2D eigenvalue weighted by Crippen LogP contribution is 2.13. The number of hydrogen-bond donors (Lipinski definition) is 1. The van der Waals surface area contributed by atoms with E-state index in [9.17, 15) is 13.2 Å². The Morgan fingerprint density at radius 1 is 1.04 bits per heavy atom. The molecule has 0 saturated heterocycles. The molecule has 0 bridgehead atoms. The van der Waals surface area contributed by atoms with Gasteiger partial charge in [-0.1, -0.05) is 63.6 Å². The summed E-state index contributed by atoms with van der Waals surface area (Å²) in [6.45, 7) is 5.93. The van der Waals surface area contributed by atoms with Gasteiger partial charge in [-0.15, -0.1) is 0 Å². The summed E-state index contributed by atoms with van der Waals surface area (Å²) in [6, 6.07) is 6.69. The summed E-state index contributed by atoms with van der Waals surface area (Å²) in [5.74, 6) is -0.296. The number of carbonyl (C=O) groups excluding carboxylic acids is 1. The molecule has 1 rings (SSSR count). The summed E-state index contributed by atoms with van der Waals surface area (Å²) in [4.78, 5) is 11.9. The highest BCUT2D eigenvalue weighted by atomic mass is 32.2. The Bertz CT molecular complexity index is 626. The van der Waals surface area contributed by atoms with Gasteiger partial charge in [0.25, 0.3) is 0 Å². The summed E-state index contributed by atoms with van der Waals surface area (Å²) in [7, 11) is -3.60. The molecule has 0 fully saturated rings. The smallest absolute Gasteiger partial charge is 0.305 e. The van der Waals surface area contributed by atoms with Gasteiger partial charge in [0.2, 0.25) is 10.0 Å². The lowest BCUT2D eigenvalue weighted by Crippen LogP contribution is -2.35. The third-order valence-electron chi connectivity index (χ3n) is 4.30. The van der Waals surface area contributed by atoms with Crippen molar-refractivity contribution in [2.24, 2.45) is 0 Å². The number of unbranched alkanes of at least 4 members (excludes halogenated alkanes) is 5. The van der Waals surface area contributed by atoms with Crippen LogP contribution >= 0.6 is 0 Å². The minimum absolute atomic E-state index is 0.108. The van der Waals surface area contributed by atoms with Crippen LogP contribution in [-0.4, -0.2) is 27.0 Å². The number of esters is 1. The van der Waals surface area contributed by atoms with Crippen molar-refractivity contribution in [3.8, 4) is 0 Å². The average molecular weight is 384 g/mol. The van der Waals surface area contributed by atoms with Crippen molar-refractivity contribution in [3.63, 3.8) is 0 Å². The normalized spacial score (nSPS) is 12.7. The van der Waals surface area contributed by atoms with E-state index >= 15 is 0 Å². The van der Waals surface area contributed by atoms with Gasteiger partial charge in [0.05, 0.1) is 4.90 Å². The monoisotopic (exact) mass is 383 g/mol. The van der Waals surface area contributed by atoms with E-state index < -0.39 is 16.1 Å². The van der Waals surface area contributed by atoms with Crippen LogP contribution in [0, 0.1) is 6.92 Å². The third-order valence-corrected chi connectivity index (χ3v) is 5.74. The van der Waals surface area contributed by atoms with Gasteiger partial charge in [-0.25, -0.2) is 13.1 Å².